The Kier molecular flexibility index (Phi) is 4.60. The predicted octanol–water partition coefficient (Wildman–Crippen LogP) is 1.75. The van der Waals surface area contributed by atoms with E-state index in [1.54, 1.807) is 12.1 Å². The standard InChI is InChI=1S/C15H23NO4S/c1-4-20-14-11(2)7-13(8-12(14)3)21(18,19)16-9-15(10-17)5-6-15/h7-8,16-17H,4-6,9-10H2,1-3H3. The van der Waals surface area contributed by atoms with Crippen LogP contribution < -0.4 is 9.46 Å². The average Bonchev–Trinajstić information content (AvgIpc) is 3.21. The zero-order valence-corrected chi connectivity index (χ0v) is 13.6. The van der Waals surface area contributed by atoms with Crippen molar-refractivity contribution in [3.05, 3.63) is 23.3 Å². The molecule has 0 aliphatic heterocycles. The summed E-state index contributed by atoms with van der Waals surface area (Å²) >= 11 is 0. The van der Waals surface area contributed by atoms with Crippen LogP contribution in [0.3, 0.4) is 0 Å². The van der Waals surface area contributed by atoms with Crippen LogP contribution in [-0.2, 0) is 10.0 Å². The van der Waals surface area contributed by atoms with E-state index in [-0.39, 0.29) is 23.5 Å². The monoisotopic (exact) mass is 313 g/mol. The fraction of sp³-hybridized carbons (Fsp3) is 0.600. The molecule has 0 heterocycles. The average molecular weight is 313 g/mol. The Labute approximate surface area is 126 Å². The molecule has 0 bridgehead atoms. The summed E-state index contributed by atoms with van der Waals surface area (Å²) in [6.45, 7) is 6.44. The van der Waals surface area contributed by atoms with Gasteiger partial charge in [0.25, 0.3) is 0 Å². The first kappa shape index (κ1) is 16.3. The summed E-state index contributed by atoms with van der Waals surface area (Å²) in [4.78, 5) is 0.245. The lowest BCUT2D eigenvalue weighted by Crippen LogP contribution is -2.32. The largest absolute Gasteiger partial charge is 0.493 e. The maximum absolute atomic E-state index is 12.4. The third kappa shape index (κ3) is 3.56. The molecule has 0 amide bonds. The second kappa shape index (κ2) is 5.94. The summed E-state index contributed by atoms with van der Waals surface area (Å²) in [5.74, 6) is 0.741. The fourth-order valence-corrected chi connectivity index (χ4v) is 3.66. The van der Waals surface area contributed by atoms with E-state index in [2.05, 4.69) is 4.72 Å². The number of nitrogens with one attached hydrogen (secondary N) is 1. The Bertz CT molecular complexity index is 598. The van der Waals surface area contributed by atoms with Crippen molar-refractivity contribution in [3.63, 3.8) is 0 Å². The Hall–Kier alpha value is -1.11. The van der Waals surface area contributed by atoms with Crippen LogP contribution in [0.25, 0.3) is 0 Å². The molecule has 0 spiro atoms. The van der Waals surface area contributed by atoms with E-state index < -0.39 is 10.0 Å². The summed E-state index contributed by atoms with van der Waals surface area (Å²) in [7, 11) is -3.56. The minimum Gasteiger partial charge on any atom is -0.493 e. The van der Waals surface area contributed by atoms with Crippen LogP contribution in [-0.4, -0.2) is 33.3 Å². The van der Waals surface area contributed by atoms with E-state index in [9.17, 15) is 13.5 Å². The maximum atomic E-state index is 12.4. The van der Waals surface area contributed by atoms with E-state index in [4.69, 9.17) is 4.74 Å². The van der Waals surface area contributed by atoms with Crippen molar-refractivity contribution in [3.8, 4) is 5.75 Å². The molecule has 1 saturated carbocycles. The quantitative estimate of drug-likeness (QED) is 0.804. The van der Waals surface area contributed by atoms with Crippen molar-refractivity contribution in [2.75, 3.05) is 19.8 Å². The molecule has 0 aromatic heterocycles. The molecule has 118 valence electrons. The summed E-state index contributed by atoms with van der Waals surface area (Å²) in [6, 6.07) is 3.25. The van der Waals surface area contributed by atoms with Gasteiger partial charge in [-0.15, -0.1) is 0 Å². The lowest BCUT2D eigenvalue weighted by atomic mass is 10.1. The van der Waals surface area contributed by atoms with Gasteiger partial charge in [-0.05, 0) is 56.9 Å². The van der Waals surface area contributed by atoms with Gasteiger partial charge in [-0.3, -0.25) is 0 Å². The molecular formula is C15H23NO4S. The van der Waals surface area contributed by atoms with Gasteiger partial charge in [-0.1, -0.05) is 0 Å². The third-order valence-corrected chi connectivity index (χ3v) is 5.34. The normalized spacial score (nSPS) is 16.8. The van der Waals surface area contributed by atoms with Crippen LogP contribution in [0.2, 0.25) is 0 Å². The number of aliphatic hydroxyl groups is 1. The molecule has 2 N–H and O–H groups in total. The predicted molar refractivity (Wildman–Crippen MR) is 81.0 cm³/mol. The van der Waals surface area contributed by atoms with Gasteiger partial charge in [-0.2, -0.15) is 0 Å². The van der Waals surface area contributed by atoms with Gasteiger partial charge >= 0.3 is 0 Å². The van der Waals surface area contributed by atoms with Crippen LogP contribution in [0.15, 0.2) is 17.0 Å². The number of sulfonamides is 1. The van der Waals surface area contributed by atoms with Crippen LogP contribution >= 0.6 is 0 Å². The fourth-order valence-electron chi connectivity index (χ4n) is 2.34. The molecule has 6 heteroatoms. The van der Waals surface area contributed by atoms with Crippen LogP contribution in [0.4, 0.5) is 0 Å². The lowest BCUT2D eigenvalue weighted by Gasteiger charge is -2.16. The molecule has 0 atom stereocenters. The molecule has 1 aromatic carbocycles. The zero-order valence-electron chi connectivity index (χ0n) is 12.8. The summed E-state index contributed by atoms with van der Waals surface area (Å²) in [5, 5.41) is 9.26. The zero-order chi connectivity index (χ0) is 15.7. The second-order valence-corrected chi connectivity index (χ2v) is 7.57. The minimum absolute atomic E-state index is 0.0247. The Morgan fingerprint density at radius 3 is 2.29 bits per heavy atom. The van der Waals surface area contributed by atoms with E-state index in [0.29, 0.717) is 6.61 Å². The third-order valence-electron chi connectivity index (χ3n) is 3.96. The lowest BCUT2D eigenvalue weighted by molar-refractivity contribution is 0.213. The Morgan fingerprint density at radius 2 is 1.86 bits per heavy atom. The first-order chi connectivity index (χ1) is 9.83. The van der Waals surface area contributed by atoms with Gasteiger partial charge in [-0.25, -0.2) is 13.1 Å². The van der Waals surface area contributed by atoms with Crippen molar-refractivity contribution in [2.24, 2.45) is 5.41 Å². The maximum Gasteiger partial charge on any atom is 0.240 e. The Balaban J connectivity index is 2.20. The molecule has 2 rings (SSSR count). The molecule has 1 aliphatic carbocycles. The first-order valence-corrected chi connectivity index (χ1v) is 8.66. The van der Waals surface area contributed by atoms with Crippen molar-refractivity contribution in [1.82, 2.24) is 4.72 Å². The van der Waals surface area contributed by atoms with E-state index >= 15 is 0 Å². The van der Waals surface area contributed by atoms with Crippen molar-refractivity contribution in [1.29, 1.82) is 0 Å². The molecule has 0 unspecified atom stereocenters. The number of benzene rings is 1. The molecule has 1 aromatic rings. The van der Waals surface area contributed by atoms with Gasteiger partial charge in [0.15, 0.2) is 0 Å². The topological polar surface area (TPSA) is 75.6 Å². The van der Waals surface area contributed by atoms with E-state index in [0.717, 1.165) is 29.7 Å². The highest BCUT2D eigenvalue weighted by atomic mass is 32.2. The number of aryl methyl sites for hydroxylation is 2. The number of aliphatic hydroxyl groups excluding tert-OH is 1. The molecular weight excluding hydrogens is 290 g/mol. The van der Waals surface area contributed by atoms with Crippen LogP contribution in [0, 0.1) is 19.3 Å². The van der Waals surface area contributed by atoms with Gasteiger partial charge in [0.1, 0.15) is 5.75 Å². The van der Waals surface area contributed by atoms with Gasteiger partial charge in [0.05, 0.1) is 11.5 Å². The highest BCUT2D eigenvalue weighted by molar-refractivity contribution is 7.89. The molecule has 1 fully saturated rings. The number of ether oxygens (including phenoxy) is 1. The highest BCUT2D eigenvalue weighted by Gasteiger charge is 2.42. The van der Waals surface area contributed by atoms with Crippen molar-refractivity contribution >= 4 is 10.0 Å². The summed E-state index contributed by atoms with van der Waals surface area (Å²) in [5.41, 5.74) is 1.36. The molecule has 0 radical (unpaired) electrons. The van der Waals surface area contributed by atoms with Crippen LogP contribution in [0.5, 0.6) is 5.75 Å². The summed E-state index contributed by atoms with van der Waals surface area (Å²) < 4.78 is 32.9. The minimum atomic E-state index is -3.56. The van der Waals surface area contributed by atoms with Crippen LogP contribution in [0.1, 0.15) is 30.9 Å². The van der Waals surface area contributed by atoms with E-state index in [1.165, 1.54) is 0 Å². The van der Waals surface area contributed by atoms with Gasteiger partial charge in [0.2, 0.25) is 10.0 Å². The number of rotatable bonds is 7. The number of hydrogen-bond donors (Lipinski definition) is 2. The van der Waals surface area contributed by atoms with E-state index in [1.807, 2.05) is 20.8 Å². The first-order valence-electron chi connectivity index (χ1n) is 7.18. The Morgan fingerprint density at radius 1 is 1.29 bits per heavy atom. The molecule has 5 nitrogen and oxygen atoms in total. The molecule has 1 aliphatic rings. The SMILES string of the molecule is CCOc1c(C)cc(S(=O)(=O)NCC2(CO)CC2)cc1C. The van der Waals surface area contributed by atoms with Gasteiger partial charge < -0.3 is 9.84 Å². The molecule has 0 saturated heterocycles. The van der Waals surface area contributed by atoms with Crippen molar-refractivity contribution in [2.45, 2.75) is 38.5 Å². The number of hydrogen-bond acceptors (Lipinski definition) is 4. The molecule has 21 heavy (non-hydrogen) atoms. The van der Waals surface area contributed by atoms with Crippen molar-refractivity contribution < 1.29 is 18.3 Å². The highest BCUT2D eigenvalue weighted by Crippen LogP contribution is 2.44. The summed E-state index contributed by atoms with van der Waals surface area (Å²) in [6.07, 6.45) is 1.74. The smallest absolute Gasteiger partial charge is 0.240 e. The second-order valence-electron chi connectivity index (χ2n) is 5.80. The van der Waals surface area contributed by atoms with Gasteiger partial charge in [0, 0.05) is 18.6 Å².